The molecule has 0 amide bonds. The molecular formula is C16H28N4. The van der Waals surface area contributed by atoms with Crippen molar-refractivity contribution in [2.24, 2.45) is 0 Å². The Kier molecular flexibility index (Phi) is 4.21. The zero-order valence-corrected chi connectivity index (χ0v) is 13.5. The highest BCUT2D eigenvalue weighted by molar-refractivity contribution is 5.57. The van der Waals surface area contributed by atoms with Crippen LogP contribution in [0.5, 0.6) is 0 Å². The van der Waals surface area contributed by atoms with Crippen molar-refractivity contribution < 1.29 is 0 Å². The SMILES string of the molecule is Cc1c(N)nc(C(C)(C)C)nc1N(C)C1CCCCC1. The zero-order chi connectivity index (χ0) is 14.9. The smallest absolute Gasteiger partial charge is 0.138 e. The molecular weight excluding hydrogens is 248 g/mol. The van der Waals surface area contributed by atoms with Crippen molar-refractivity contribution in [1.29, 1.82) is 0 Å². The van der Waals surface area contributed by atoms with E-state index in [1.54, 1.807) is 0 Å². The summed E-state index contributed by atoms with van der Waals surface area (Å²) in [6, 6.07) is 0.588. The van der Waals surface area contributed by atoms with Gasteiger partial charge < -0.3 is 10.6 Å². The van der Waals surface area contributed by atoms with Gasteiger partial charge in [-0.25, -0.2) is 9.97 Å². The van der Waals surface area contributed by atoms with Gasteiger partial charge in [-0.2, -0.15) is 0 Å². The van der Waals surface area contributed by atoms with Crippen molar-refractivity contribution in [3.05, 3.63) is 11.4 Å². The number of hydrogen-bond donors (Lipinski definition) is 1. The van der Waals surface area contributed by atoms with Gasteiger partial charge in [-0.1, -0.05) is 40.0 Å². The molecule has 1 aromatic heterocycles. The molecule has 0 radical (unpaired) electrons. The van der Waals surface area contributed by atoms with Gasteiger partial charge in [-0.3, -0.25) is 0 Å². The summed E-state index contributed by atoms with van der Waals surface area (Å²) in [5.74, 6) is 2.45. The second-order valence-electron chi connectivity index (χ2n) is 7.03. The normalized spacial score (nSPS) is 17.2. The summed E-state index contributed by atoms with van der Waals surface area (Å²) in [6.07, 6.45) is 6.51. The molecule has 0 bridgehead atoms. The molecule has 0 aromatic carbocycles. The predicted octanol–water partition coefficient (Wildman–Crippen LogP) is 3.43. The monoisotopic (exact) mass is 276 g/mol. The molecule has 2 rings (SSSR count). The second-order valence-corrected chi connectivity index (χ2v) is 7.03. The summed E-state index contributed by atoms with van der Waals surface area (Å²) in [7, 11) is 2.15. The van der Waals surface area contributed by atoms with Gasteiger partial charge in [0.15, 0.2) is 0 Å². The van der Waals surface area contributed by atoms with Crippen LogP contribution in [-0.4, -0.2) is 23.1 Å². The van der Waals surface area contributed by atoms with Crippen LogP contribution in [0.25, 0.3) is 0 Å². The number of nitrogen functional groups attached to an aromatic ring is 1. The van der Waals surface area contributed by atoms with E-state index in [4.69, 9.17) is 10.7 Å². The van der Waals surface area contributed by atoms with Gasteiger partial charge in [0.2, 0.25) is 0 Å². The molecule has 4 heteroatoms. The summed E-state index contributed by atoms with van der Waals surface area (Å²) >= 11 is 0. The molecule has 4 nitrogen and oxygen atoms in total. The molecule has 1 fully saturated rings. The van der Waals surface area contributed by atoms with Crippen LogP contribution in [0.15, 0.2) is 0 Å². The minimum Gasteiger partial charge on any atom is -0.383 e. The van der Waals surface area contributed by atoms with Crippen molar-refractivity contribution >= 4 is 11.6 Å². The molecule has 0 saturated heterocycles. The number of rotatable bonds is 2. The Hall–Kier alpha value is -1.32. The van der Waals surface area contributed by atoms with Gasteiger partial charge in [-0.05, 0) is 19.8 Å². The Morgan fingerprint density at radius 2 is 1.70 bits per heavy atom. The number of anilines is 2. The summed E-state index contributed by atoms with van der Waals surface area (Å²) < 4.78 is 0. The Bertz CT molecular complexity index is 470. The van der Waals surface area contributed by atoms with E-state index in [1.807, 2.05) is 6.92 Å². The lowest BCUT2D eigenvalue weighted by molar-refractivity contribution is 0.424. The Labute approximate surface area is 122 Å². The second kappa shape index (κ2) is 5.58. The minimum atomic E-state index is -0.0794. The molecule has 1 heterocycles. The molecule has 0 spiro atoms. The minimum absolute atomic E-state index is 0.0794. The molecule has 1 saturated carbocycles. The van der Waals surface area contributed by atoms with Gasteiger partial charge in [0.1, 0.15) is 17.5 Å². The fourth-order valence-corrected chi connectivity index (χ4v) is 2.84. The average Bonchev–Trinajstić information content (AvgIpc) is 2.40. The van der Waals surface area contributed by atoms with Crippen LogP contribution in [-0.2, 0) is 5.41 Å². The van der Waals surface area contributed by atoms with E-state index in [2.05, 4.69) is 37.7 Å². The number of aromatic nitrogens is 2. The molecule has 1 aliphatic carbocycles. The van der Waals surface area contributed by atoms with Crippen LogP contribution in [0.4, 0.5) is 11.6 Å². The third-order valence-corrected chi connectivity index (χ3v) is 4.29. The van der Waals surface area contributed by atoms with Gasteiger partial charge in [0, 0.05) is 24.1 Å². The molecule has 1 aromatic rings. The van der Waals surface area contributed by atoms with Gasteiger partial charge >= 0.3 is 0 Å². The first-order valence-corrected chi connectivity index (χ1v) is 7.68. The highest BCUT2D eigenvalue weighted by atomic mass is 15.2. The first kappa shape index (κ1) is 15.1. The van der Waals surface area contributed by atoms with Crippen molar-refractivity contribution in [1.82, 2.24) is 9.97 Å². The van der Waals surface area contributed by atoms with E-state index in [0.29, 0.717) is 11.9 Å². The summed E-state index contributed by atoms with van der Waals surface area (Å²) in [4.78, 5) is 11.6. The lowest BCUT2D eigenvalue weighted by atomic mass is 9.94. The van der Waals surface area contributed by atoms with Gasteiger partial charge in [0.05, 0.1) is 0 Å². The highest BCUT2D eigenvalue weighted by Gasteiger charge is 2.25. The number of nitrogens with zero attached hydrogens (tertiary/aromatic N) is 3. The quantitative estimate of drug-likeness (QED) is 0.899. The first-order chi connectivity index (χ1) is 9.30. The lowest BCUT2D eigenvalue weighted by Gasteiger charge is -2.34. The van der Waals surface area contributed by atoms with Crippen LogP contribution in [0.1, 0.15) is 64.3 Å². The van der Waals surface area contributed by atoms with Gasteiger partial charge in [-0.15, -0.1) is 0 Å². The largest absolute Gasteiger partial charge is 0.383 e. The fourth-order valence-electron chi connectivity index (χ4n) is 2.84. The average molecular weight is 276 g/mol. The zero-order valence-electron chi connectivity index (χ0n) is 13.5. The van der Waals surface area contributed by atoms with E-state index in [-0.39, 0.29) is 5.41 Å². The van der Waals surface area contributed by atoms with Crippen molar-refractivity contribution in [2.45, 2.75) is 71.3 Å². The molecule has 0 unspecified atom stereocenters. The number of hydrogen-bond acceptors (Lipinski definition) is 4. The van der Waals surface area contributed by atoms with Crippen LogP contribution >= 0.6 is 0 Å². The van der Waals surface area contributed by atoms with Gasteiger partial charge in [0.25, 0.3) is 0 Å². The molecule has 1 aliphatic rings. The van der Waals surface area contributed by atoms with E-state index in [0.717, 1.165) is 17.2 Å². The molecule has 0 atom stereocenters. The highest BCUT2D eigenvalue weighted by Crippen LogP contribution is 2.30. The van der Waals surface area contributed by atoms with Crippen molar-refractivity contribution in [3.63, 3.8) is 0 Å². The van der Waals surface area contributed by atoms with Crippen molar-refractivity contribution in [2.75, 3.05) is 17.7 Å². The Balaban J connectivity index is 2.36. The maximum atomic E-state index is 6.11. The molecule has 2 N–H and O–H groups in total. The van der Waals surface area contributed by atoms with Crippen LogP contribution in [0, 0.1) is 6.92 Å². The Morgan fingerprint density at radius 1 is 1.10 bits per heavy atom. The predicted molar refractivity (Wildman–Crippen MR) is 85.2 cm³/mol. The first-order valence-electron chi connectivity index (χ1n) is 7.68. The number of nitrogens with two attached hydrogens (primary N) is 1. The third kappa shape index (κ3) is 3.05. The summed E-state index contributed by atoms with van der Waals surface area (Å²) in [5.41, 5.74) is 7.03. The van der Waals surface area contributed by atoms with Crippen LogP contribution < -0.4 is 10.6 Å². The van der Waals surface area contributed by atoms with Crippen LogP contribution in [0.3, 0.4) is 0 Å². The molecule has 112 valence electrons. The maximum Gasteiger partial charge on any atom is 0.138 e. The van der Waals surface area contributed by atoms with E-state index in [1.165, 1.54) is 32.1 Å². The fraction of sp³-hybridized carbons (Fsp3) is 0.750. The molecule has 20 heavy (non-hydrogen) atoms. The van der Waals surface area contributed by atoms with Crippen molar-refractivity contribution in [3.8, 4) is 0 Å². The molecule has 0 aliphatic heterocycles. The maximum absolute atomic E-state index is 6.11. The summed E-state index contributed by atoms with van der Waals surface area (Å²) in [5, 5.41) is 0. The topological polar surface area (TPSA) is 55.0 Å². The van der Waals surface area contributed by atoms with E-state index in [9.17, 15) is 0 Å². The standard InChI is InChI=1S/C16H28N4/c1-11-13(17)18-15(16(2,3)4)19-14(11)20(5)12-9-7-6-8-10-12/h12H,6-10H2,1-5H3,(H2,17,18,19). The van der Waals surface area contributed by atoms with E-state index >= 15 is 0 Å². The lowest BCUT2D eigenvalue weighted by Crippen LogP contribution is -2.35. The van der Waals surface area contributed by atoms with E-state index < -0.39 is 0 Å². The third-order valence-electron chi connectivity index (χ3n) is 4.29. The summed E-state index contributed by atoms with van der Waals surface area (Å²) in [6.45, 7) is 8.40. The van der Waals surface area contributed by atoms with Crippen LogP contribution in [0.2, 0.25) is 0 Å². The Morgan fingerprint density at radius 3 is 2.25 bits per heavy atom.